The number of ether oxygens (including phenoxy) is 1. The van der Waals surface area contributed by atoms with Crippen LogP contribution in [0.4, 0.5) is 0 Å². The Bertz CT molecular complexity index is 672. The number of rotatable bonds is 3. The van der Waals surface area contributed by atoms with Gasteiger partial charge < -0.3 is 9.64 Å². The van der Waals surface area contributed by atoms with Gasteiger partial charge >= 0.3 is 5.97 Å². The number of nitrogens with zero attached hydrogens (tertiary/aromatic N) is 1. The first-order chi connectivity index (χ1) is 11.2. The van der Waals surface area contributed by atoms with E-state index in [9.17, 15) is 9.59 Å². The van der Waals surface area contributed by atoms with Crippen molar-refractivity contribution in [2.24, 2.45) is 10.8 Å². The summed E-state index contributed by atoms with van der Waals surface area (Å²) in [5.74, 6) is -0.550. The van der Waals surface area contributed by atoms with Gasteiger partial charge in [0.25, 0.3) is 5.91 Å². The summed E-state index contributed by atoms with van der Waals surface area (Å²) >= 11 is 3.33. The van der Waals surface area contributed by atoms with E-state index in [1.54, 1.807) is 18.2 Å². The Morgan fingerprint density at radius 1 is 1.25 bits per heavy atom. The Balaban J connectivity index is 1.62. The van der Waals surface area contributed by atoms with Crippen molar-refractivity contribution in [3.63, 3.8) is 0 Å². The van der Waals surface area contributed by atoms with E-state index >= 15 is 0 Å². The smallest absolute Gasteiger partial charge is 0.339 e. The van der Waals surface area contributed by atoms with Crippen LogP contribution in [0.25, 0.3) is 0 Å². The topological polar surface area (TPSA) is 46.6 Å². The summed E-state index contributed by atoms with van der Waals surface area (Å²) in [6.45, 7) is 7.40. The Morgan fingerprint density at radius 2 is 1.96 bits per heavy atom. The molecular formula is C19H24BrNO3. The van der Waals surface area contributed by atoms with Gasteiger partial charge in [-0.1, -0.05) is 32.9 Å². The lowest BCUT2D eigenvalue weighted by atomic mass is 9.65. The molecule has 0 radical (unpaired) electrons. The van der Waals surface area contributed by atoms with Gasteiger partial charge in [-0.2, -0.15) is 0 Å². The van der Waals surface area contributed by atoms with Crippen LogP contribution in [-0.4, -0.2) is 36.0 Å². The number of benzene rings is 1. The quantitative estimate of drug-likeness (QED) is 0.728. The molecule has 1 saturated carbocycles. The molecule has 4 nitrogen and oxygen atoms in total. The Hall–Kier alpha value is -1.36. The lowest BCUT2D eigenvalue weighted by Crippen LogP contribution is -2.39. The van der Waals surface area contributed by atoms with E-state index in [0.717, 1.165) is 25.8 Å². The number of halogens is 1. The SMILES string of the molecule is CC1(C)C[C@H]2C[C@](C)(CN2C(=O)COC(=O)c2ccccc2Br)C1. The average Bonchev–Trinajstić information content (AvgIpc) is 2.74. The van der Waals surface area contributed by atoms with Crippen molar-refractivity contribution in [1.82, 2.24) is 4.90 Å². The van der Waals surface area contributed by atoms with Crippen molar-refractivity contribution < 1.29 is 14.3 Å². The molecule has 1 aliphatic carbocycles. The fourth-order valence-electron chi connectivity index (χ4n) is 4.67. The molecule has 1 aromatic rings. The summed E-state index contributed by atoms with van der Waals surface area (Å²) in [4.78, 5) is 26.7. The third-order valence-electron chi connectivity index (χ3n) is 5.16. The average molecular weight is 394 g/mol. The molecule has 0 spiro atoms. The molecule has 2 atom stereocenters. The van der Waals surface area contributed by atoms with Crippen molar-refractivity contribution >= 4 is 27.8 Å². The number of fused-ring (bicyclic) bond motifs is 2. The summed E-state index contributed by atoms with van der Waals surface area (Å²) < 4.78 is 5.93. The predicted octanol–water partition coefficient (Wildman–Crippen LogP) is 4.03. The van der Waals surface area contributed by atoms with Gasteiger partial charge in [-0.15, -0.1) is 0 Å². The fourth-order valence-corrected chi connectivity index (χ4v) is 5.11. The van der Waals surface area contributed by atoms with Gasteiger partial charge in [0.15, 0.2) is 6.61 Å². The van der Waals surface area contributed by atoms with Gasteiger partial charge in [0.05, 0.1) is 5.56 Å². The molecule has 5 heteroatoms. The first-order valence-corrected chi connectivity index (χ1v) is 9.20. The second-order valence-corrected chi connectivity index (χ2v) is 9.15. The lowest BCUT2D eigenvalue weighted by molar-refractivity contribution is -0.135. The van der Waals surface area contributed by atoms with Crippen molar-refractivity contribution in [1.29, 1.82) is 0 Å². The zero-order valence-electron chi connectivity index (χ0n) is 14.5. The molecule has 1 saturated heterocycles. The van der Waals surface area contributed by atoms with Crippen LogP contribution in [0, 0.1) is 10.8 Å². The number of esters is 1. The van der Waals surface area contributed by atoms with Gasteiger partial charge in [-0.25, -0.2) is 4.79 Å². The molecule has 1 heterocycles. The van der Waals surface area contributed by atoms with Gasteiger partial charge in [0.1, 0.15) is 0 Å². The van der Waals surface area contributed by atoms with Crippen molar-refractivity contribution in [2.75, 3.05) is 13.2 Å². The maximum absolute atomic E-state index is 12.6. The first kappa shape index (κ1) is 17.5. The fraction of sp³-hybridized carbons (Fsp3) is 0.579. The zero-order valence-corrected chi connectivity index (χ0v) is 16.1. The minimum atomic E-state index is -0.468. The molecule has 24 heavy (non-hydrogen) atoms. The van der Waals surface area contributed by atoms with E-state index in [4.69, 9.17) is 4.74 Å². The van der Waals surface area contributed by atoms with E-state index in [1.165, 1.54) is 0 Å². The third kappa shape index (κ3) is 3.51. The van der Waals surface area contributed by atoms with E-state index in [1.807, 2.05) is 11.0 Å². The van der Waals surface area contributed by atoms with Crippen LogP contribution in [0.2, 0.25) is 0 Å². The van der Waals surface area contributed by atoms with Crippen LogP contribution in [0.1, 0.15) is 50.4 Å². The molecule has 130 valence electrons. The number of likely N-dealkylation sites (tertiary alicyclic amines) is 1. The Kier molecular flexibility index (Phi) is 4.49. The summed E-state index contributed by atoms with van der Waals surface area (Å²) in [5.41, 5.74) is 0.894. The Morgan fingerprint density at radius 3 is 2.67 bits per heavy atom. The number of amides is 1. The maximum atomic E-state index is 12.6. The molecule has 1 aromatic carbocycles. The second kappa shape index (κ2) is 6.17. The number of hydrogen-bond donors (Lipinski definition) is 0. The third-order valence-corrected chi connectivity index (χ3v) is 5.85. The van der Waals surface area contributed by atoms with Gasteiger partial charge in [-0.05, 0) is 58.2 Å². The van der Waals surface area contributed by atoms with Crippen LogP contribution in [0.15, 0.2) is 28.7 Å². The number of carbonyl (C=O) groups is 2. The largest absolute Gasteiger partial charge is 0.452 e. The second-order valence-electron chi connectivity index (χ2n) is 8.29. The summed E-state index contributed by atoms with van der Waals surface area (Å²) in [6.07, 6.45) is 3.21. The van der Waals surface area contributed by atoms with Gasteiger partial charge in [0.2, 0.25) is 0 Å². The minimum absolute atomic E-state index is 0.0816. The highest BCUT2D eigenvalue weighted by atomic mass is 79.9. The molecule has 3 rings (SSSR count). The molecule has 0 unspecified atom stereocenters. The normalized spacial score (nSPS) is 27.8. The monoisotopic (exact) mass is 393 g/mol. The molecule has 2 bridgehead atoms. The minimum Gasteiger partial charge on any atom is -0.452 e. The van der Waals surface area contributed by atoms with Crippen molar-refractivity contribution in [3.05, 3.63) is 34.3 Å². The van der Waals surface area contributed by atoms with E-state index < -0.39 is 5.97 Å². The standard InChI is InChI=1S/C19H24BrNO3/c1-18(2)8-13-9-19(3,11-18)12-21(13)16(22)10-24-17(23)14-6-4-5-7-15(14)20/h4-7,13H,8-12H2,1-3H3/t13-,19-/m0/s1. The van der Waals surface area contributed by atoms with E-state index in [0.29, 0.717) is 10.0 Å². The van der Waals surface area contributed by atoms with E-state index in [2.05, 4.69) is 36.7 Å². The molecule has 0 N–H and O–H groups in total. The molecule has 2 aliphatic rings. The number of hydrogen-bond acceptors (Lipinski definition) is 3. The van der Waals surface area contributed by atoms with Crippen LogP contribution in [0.5, 0.6) is 0 Å². The number of carbonyl (C=O) groups excluding carboxylic acids is 2. The molecule has 1 amide bonds. The lowest BCUT2D eigenvalue weighted by Gasteiger charge is -2.39. The summed E-state index contributed by atoms with van der Waals surface area (Å²) in [7, 11) is 0. The van der Waals surface area contributed by atoms with Crippen molar-refractivity contribution in [2.45, 2.75) is 46.1 Å². The summed E-state index contributed by atoms with van der Waals surface area (Å²) in [6, 6.07) is 7.34. The van der Waals surface area contributed by atoms with Crippen LogP contribution >= 0.6 is 15.9 Å². The zero-order chi connectivity index (χ0) is 17.5. The molecule has 1 aliphatic heterocycles. The van der Waals surface area contributed by atoms with Crippen LogP contribution < -0.4 is 0 Å². The Labute approximate surface area is 151 Å². The van der Waals surface area contributed by atoms with Crippen LogP contribution in [0.3, 0.4) is 0 Å². The summed E-state index contributed by atoms with van der Waals surface area (Å²) in [5, 5.41) is 0. The van der Waals surface area contributed by atoms with Crippen LogP contribution in [-0.2, 0) is 9.53 Å². The predicted molar refractivity (Wildman–Crippen MR) is 95.7 cm³/mol. The maximum Gasteiger partial charge on any atom is 0.339 e. The molecular weight excluding hydrogens is 370 g/mol. The van der Waals surface area contributed by atoms with Gasteiger partial charge in [0, 0.05) is 17.1 Å². The van der Waals surface area contributed by atoms with E-state index in [-0.39, 0.29) is 29.4 Å². The van der Waals surface area contributed by atoms with Crippen molar-refractivity contribution in [3.8, 4) is 0 Å². The first-order valence-electron chi connectivity index (χ1n) is 8.40. The molecule has 0 aromatic heterocycles. The highest BCUT2D eigenvalue weighted by Gasteiger charge is 2.50. The highest BCUT2D eigenvalue weighted by molar-refractivity contribution is 9.10. The highest BCUT2D eigenvalue weighted by Crippen LogP contribution is 2.52. The molecule has 2 fully saturated rings. The van der Waals surface area contributed by atoms with Gasteiger partial charge in [-0.3, -0.25) is 4.79 Å².